The topological polar surface area (TPSA) is 54.2 Å². The van der Waals surface area contributed by atoms with Crippen molar-refractivity contribution >= 4 is 11.6 Å². The van der Waals surface area contributed by atoms with E-state index in [4.69, 9.17) is 5.73 Å². The van der Waals surface area contributed by atoms with Gasteiger partial charge in [-0.25, -0.2) is 4.98 Å². The average molecular weight is 232 g/mol. The molecule has 2 unspecified atom stereocenters. The second kappa shape index (κ2) is 4.53. The molecule has 0 radical (unpaired) electrons. The number of piperidine rings is 1. The SMILES string of the molecule is Nc1cccc(NC2CCN3CCCC3C2)n1. The Morgan fingerprint density at radius 1 is 1.29 bits per heavy atom. The molecule has 17 heavy (non-hydrogen) atoms. The first-order valence-electron chi connectivity index (χ1n) is 6.54. The summed E-state index contributed by atoms with van der Waals surface area (Å²) in [4.78, 5) is 6.94. The molecule has 2 saturated heterocycles. The molecule has 0 amide bonds. The normalized spacial score (nSPS) is 28.9. The summed E-state index contributed by atoms with van der Waals surface area (Å²) >= 11 is 0. The van der Waals surface area contributed by atoms with E-state index < -0.39 is 0 Å². The number of nitrogens with zero attached hydrogens (tertiary/aromatic N) is 2. The minimum Gasteiger partial charge on any atom is -0.384 e. The number of fused-ring (bicyclic) bond motifs is 1. The Kier molecular flexibility index (Phi) is 2.89. The van der Waals surface area contributed by atoms with Gasteiger partial charge in [0.2, 0.25) is 0 Å². The highest BCUT2D eigenvalue weighted by Gasteiger charge is 2.31. The van der Waals surface area contributed by atoms with Crippen LogP contribution < -0.4 is 11.1 Å². The van der Waals surface area contributed by atoms with Gasteiger partial charge in [-0.3, -0.25) is 0 Å². The molecule has 2 fully saturated rings. The fourth-order valence-corrected chi connectivity index (χ4v) is 3.10. The minimum atomic E-state index is 0.559. The summed E-state index contributed by atoms with van der Waals surface area (Å²) in [6.45, 7) is 2.53. The number of anilines is 2. The first-order chi connectivity index (χ1) is 8.31. The van der Waals surface area contributed by atoms with Gasteiger partial charge in [-0.2, -0.15) is 0 Å². The number of hydrogen-bond donors (Lipinski definition) is 2. The van der Waals surface area contributed by atoms with Crippen LogP contribution in [0.2, 0.25) is 0 Å². The molecule has 0 spiro atoms. The standard InChI is InChI=1S/C13H20N4/c14-12-4-1-5-13(16-12)15-10-6-8-17-7-2-3-11(17)9-10/h1,4-5,10-11H,2-3,6-9H2,(H3,14,15,16). The van der Waals surface area contributed by atoms with Crippen LogP contribution in [0.25, 0.3) is 0 Å². The van der Waals surface area contributed by atoms with Crippen molar-refractivity contribution < 1.29 is 0 Å². The van der Waals surface area contributed by atoms with Crippen LogP contribution in [0, 0.1) is 0 Å². The van der Waals surface area contributed by atoms with E-state index in [9.17, 15) is 0 Å². The number of nitrogens with one attached hydrogen (secondary N) is 1. The molecule has 0 aromatic carbocycles. The van der Waals surface area contributed by atoms with Gasteiger partial charge in [-0.15, -0.1) is 0 Å². The Morgan fingerprint density at radius 2 is 2.24 bits per heavy atom. The summed E-state index contributed by atoms with van der Waals surface area (Å²) in [5.74, 6) is 1.51. The van der Waals surface area contributed by atoms with Gasteiger partial charge in [0.1, 0.15) is 11.6 Å². The summed E-state index contributed by atoms with van der Waals surface area (Å²) in [5.41, 5.74) is 5.69. The van der Waals surface area contributed by atoms with Gasteiger partial charge in [0.25, 0.3) is 0 Å². The van der Waals surface area contributed by atoms with Crippen LogP contribution in [-0.4, -0.2) is 35.1 Å². The third-order valence-corrected chi connectivity index (χ3v) is 3.94. The highest BCUT2D eigenvalue weighted by Crippen LogP contribution is 2.28. The van der Waals surface area contributed by atoms with Crippen molar-refractivity contribution in [3.8, 4) is 0 Å². The first-order valence-corrected chi connectivity index (χ1v) is 6.54. The van der Waals surface area contributed by atoms with Gasteiger partial charge in [0, 0.05) is 18.6 Å². The van der Waals surface area contributed by atoms with E-state index in [1.54, 1.807) is 0 Å². The summed E-state index contributed by atoms with van der Waals surface area (Å²) in [7, 11) is 0. The van der Waals surface area contributed by atoms with E-state index >= 15 is 0 Å². The highest BCUT2D eigenvalue weighted by molar-refractivity contribution is 5.43. The zero-order valence-corrected chi connectivity index (χ0v) is 10.1. The van der Waals surface area contributed by atoms with E-state index in [1.807, 2.05) is 18.2 Å². The average Bonchev–Trinajstić information content (AvgIpc) is 2.76. The molecule has 2 aliphatic heterocycles. The molecule has 0 aliphatic carbocycles. The quantitative estimate of drug-likeness (QED) is 0.815. The maximum Gasteiger partial charge on any atom is 0.128 e. The van der Waals surface area contributed by atoms with Gasteiger partial charge in [-0.05, 0) is 44.4 Å². The molecule has 3 heterocycles. The Morgan fingerprint density at radius 3 is 3.12 bits per heavy atom. The summed E-state index contributed by atoms with van der Waals surface area (Å²) in [6.07, 6.45) is 5.19. The monoisotopic (exact) mass is 232 g/mol. The summed E-state index contributed by atoms with van der Waals surface area (Å²) in [6, 6.07) is 7.13. The predicted molar refractivity (Wildman–Crippen MR) is 69.9 cm³/mol. The molecule has 4 nitrogen and oxygen atoms in total. The molecule has 1 aromatic rings. The number of nitrogen functional groups attached to an aromatic ring is 1. The zero-order valence-electron chi connectivity index (χ0n) is 10.1. The minimum absolute atomic E-state index is 0.559. The van der Waals surface area contributed by atoms with Gasteiger partial charge in [0.05, 0.1) is 0 Å². The van der Waals surface area contributed by atoms with E-state index in [2.05, 4.69) is 15.2 Å². The Balaban J connectivity index is 1.62. The van der Waals surface area contributed by atoms with Crippen molar-refractivity contribution in [2.24, 2.45) is 0 Å². The molecular formula is C13H20N4. The lowest BCUT2D eigenvalue weighted by Gasteiger charge is -2.35. The van der Waals surface area contributed by atoms with E-state index in [0.29, 0.717) is 11.9 Å². The largest absolute Gasteiger partial charge is 0.384 e. The van der Waals surface area contributed by atoms with Crippen molar-refractivity contribution in [3.63, 3.8) is 0 Å². The van der Waals surface area contributed by atoms with Crippen molar-refractivity contribution in [2.75, 3.05) is 24.1 Å². The third-order valence-electron chi connectivity index (χ3n) is 3.94. The Hall–Kier alpha value is -1.29. The van der Waals surface area contributed by atoms with Gasteiger partial charge in [-0.1, -0.05) is 6.07 Å². The maximum atomic E-state index is 5.69. The van der Waals surface area contributed by atoms with Crippen molar-refractivity contribution in [1.29, 1.82) is 0 Å². The van der Waals surface area contributed by atoms with E-state index in [0.717, 1.165) is 11.9 Å². The third kappa shape index (κ3) is 2.36. The Bertz CT molecular complexity index is 393. The van der Waals surface area contributed by atoms with Crippen molar-refractivity contribution in [3.05, 3.63) is 18.2 Å². The predicted octanol–water partition coefficient (Wildman–Crippen LogP) is 1.70. The molecule has 3 N–H and O–H groups in total. The first kappa shape index (κ1) is 10.8. The van der Waals surface area contributed by atoms with Crippen LogP contribution in [0.15, 0.2) is 18.2 Å². The second-order valence-corrected chi connectivity index (χ2v) is 5.15. The fraction of sp³-hybridized carbons (Fsp3) is 0.615. The van der Waals surface area contributed by atoms with Crippen LogP contribution in [-0.2, 0) is 0 Å². The van der Waals surface area contributed by atoms with E-state index in [-0.39, 0.29) is 0 Å². The molecule has 0 bridgehead atoms. The number of pyridine rings is 1. The number of aromatic nitrogens is 1. The number of hydrogen-bond acceptors (Lipinski definition) is 4. The number of rotatable bonds is 2. The highest BCUT2D eigenvalue weighted by atomic mass is 15.2. The molecule has 4 heteroatoms. The lowest BCUT2D eigenvalue weighted by molar-refractivity contribution is 0.188. The number of nitrogens with two attached hydrogens (primary N) is 1. The molecule has 92 valence electrons. The lowest BCUT2D eigenvalue weighted by atomic mass is 9.97. The molecule has 0 saturated carbocycles. The van der Waals surface area contributed by atoms with Gasteiger partial charge >= 0.3 is 0 Å². The lowest BCUT2D eigenvalue weighted by Crippen LogP contribution is -2.42. The zero-order chi connectivity index (χ0) is 11.7. The molecule has 2 atom stereocenters. The van der Waals surface area contributed by atoms with Crippen LogP contribution in [0.3, 0.4) is 0 Å². The van der Waals surface area contributed by atoms with Gasteiger partial charge < -0.3 is 16.0 Å². The fourth-order valence-electron chi connectivity index (χ4n) is 3.10. The molecule has 1 aromatic heterocycles. The van der Waals surface area contributed by atoms with Crippen molar-refractivity contribution in [1.82, 2.24) is 9.88 Å². The van der Waals surface area contributed by atoms with Crippen LogP contribution >= 0.6 is 0 Å². The smallest absolute Gasteiger partial charge is 0.128 e. The van der Waals surface area contributed by atoms with E-state index in [1.165, 1.54) is 38.8 Å². The van der Waals surface area contributed by atoms with Crippen LogP contribution in [0.4, 0.5) is 11.6 Å². The maximum absolute atomic E-state index is 5.69. The van der Waals surface area contributed by atoms with Gasteiger partial charge in [0.15, 0.2) is 0 Å². The van der Waals surface area contributed by atoms with Crippen molar-refractivity contribution in [2.45, 2.75) is 37.8 Å². The molecular weight excluding hydrogens is 212 g/mol. The summed E-state index contributed by atoms with van der Waals surface area (Å²) in [5, 5.41) is 3.52. The summed E-state index contributed by atoms with van der Waals surface area (Å²) < 4.78 is 0. The second-order valence-electron chi connectivity index (χ2n) is 5.15. The van der Waals surface area contributed by atoms with Crippen LogP contribution in [0.1, 0.15) is 25.7 Å². The van der Waals surface area contributed by atoms with Crippen LogP contribution in [0.5, 0.6) is 0 Å². The molecule has 3 rings (SSSR count). The molecule has 2 aliphatic rings. The Labute approximate surface area is 102 Å².